The van der Waals surface area contributed by atoms with E-state index in [2.05, 4.69) is 0 Å². The van der Waals surface area contributed by atoms with Crippen molar-refractivity contribution in [3.63, 3.8) is 0 Å². The molecule has 34 heavy (non-hydrogen) atoms. The van der Waals surface area contributed by atoms with Gasteiger partial charge in [-0.15, -0.1) is 0 Å². The van der Waals surface area contributed by atoms with Crippen LogP contribution in [0.4, 0.5) is 8.78 Å². The summed E-state index contributed by atoms with van der Waals surface area (Å²) in [6.07, 6.45) is 0.0335. The molecule has 0 bridgehead atoms. The topological polar surface area (TPSA) is 77.4 Å². The van der Waals surface area contributed by atoms with Crippen LogP contribution in [0, 0.1) is 11.6 Å². The molecule has 0 aromatic heterocycles. The molecule has 8 heteroatoms. The smallest absolute Gasteiger partial charge is 0.166 e. The van der Waals surface area contributed by atoms with Crippen LogP contribution in [-0.4, -0.2) is 30.2 Å². The first kappa shape index (κ1) is 22.4. The molecule has 0 spiro atoms. The molecule has 1 aliphatic heterocycles. The van der Waals surface area contributed by atoms with Gasteiger partial charge >= 0.3 is 0 Å². The number of hydrogen-bond donors (Lipinski definition) is 2. The van der Waals surface area contributed by atoms with Crippen molar-refractivity contribution in [2.75, 3.05) is 13.7 Å². The quantitative estimate of drug-likeness (QED) is 0.453. The molecule has 2 aliphatic rings. The maximum atomic E-state index is 14.8. The molecule has 1 unspecified atom stereocenters. The first-order valence-corrected chi connectivity index (χ1v) is 11.0. The number of methoxy groups -OCH3 is 1. The molecule has 0 saturated heterocycles. The van der Waals surface area contributed by atoms with Crippen LogP contribution in [-0.2, 0) is 11.2 Å². The molecular formula is C26H24F2O6. The lowest BCUT2D eigenvalue weighted by Gasteiger charge is -2.18. The Morgan fingerprint density at radius 3 is 2.71 bits per heavy atom. The molecule has 178 valence electrons. The molecule has 0 amide bonds. The standard InChI is InChI=1S/C26H24F2O6/c1-31-25(30)10-14-13-32-23-12-16(3-4-17(14)23)33-22-8-5-18-21(9-7-20(28)26(18)22)34-24-11-15(29)2-6-19(24)27/h2-4,6-7,9,11-12,14,22,25,29-30H,5,8,10,13H2,1H3/t14-,22-,25?/m1/s1. The zero-order chi connectivity index (χ0) is 23.8. The van der Waals surface area contributed by atoms with Gasteiger partial charge in [-0.1, -0.05) is 6.07 Å². The zero-order valence-electron chi connectivity index (χ0n) is 18.5. The molecular weight excluding hydrogens is 446 g/mol. The number of phenols is 1. The summed E-state index contributed by atoms with van der Waals surface area (Å²) in [5.41, 5.74) is 1.95. The van der Waals surface area contributed by atoms with E-state index in [-0.39, 0.29) is 17.4 Å². The first-order valence-electron chi connectivity index (χ1n) is 11.0. The maximum absolute atomic E-state index is 14.8. The monoisotopic (exact) mass is 470 g/mol. The number of ether oxygens (including phenoxy) is 4. The lowest BCUT2D eigenvalue weighted by molar-refractivity contribution is -0.0826. The molecule has 5 rings (SSSR count). The highest BCUT2D eigenvalue weighted by Gasteiger charge is 2.32. The average molecular weight is 470 g/mol. The molecule has 6 nitrogen and oxygen atoms in total. The van der Waals surface area contributed by atoms with Crippen molar-refractivity contribution in [3.8, 4) is 28.7 Å². The van der Waals surface area contributed by atoms with Crippen molar-refractivity contribution in [1.29, 1.82) is 0 Å². The summed E-state index contributed by atoms with van der Waals surface area (Å²) in [5, 5.41) is 19.4. The predicted octanol–water partition coefficient (Wildman–Crippen LogP) is 5.36. The van der Waals surface area contributed by atoms with Crippen molar-refractivity contribution in [3.05, 3.63) is 76.9 Å². The van der Waals surface area contributed by atoms with Crippen LogP contribution in [0.3, 0.4) is 0 Å². The summed E-state index contributed by atoms with van der Waals surface area (Å²) in [5.74, 6) is 0.222. The fourth-order valence-corrected chi connectivity index (χ4v) is 4.57. The molecule has 0 radical (unpaired) electrons. The summed E-state index contributed by atoms with van der Waals surface area (Å²) >= 11 is 0. The first-order chi connectivity index (χ1) is 16.4. The second-order valence-corrected chi connectivity index (χ2v) is 8.43. The number of phenolic OH excluding ortho intramolecular Hbond substituents is 1. The summed E-state index contributed by atoms with van der Waals surface area (Å²) in [6, 6.07) is 11.7. The Hall–Kier alpha value is -3.36. The third-order valence-corrected chi connectivity index (χ3v) is 6.28. The molecule has 3 aromatic rings. The van der Waals surface area contributed by atoms with E-state index in [0.717, 1.165) is 11.6 Å². The fourth-order valence-electron chi connectivity index (χ4n) is 4.57. The Labute approximate surface area is 195 Å². The minimum Gasteiger partial charge on any atom is -0.508 e. The number of aliphatic hydroxyl groups excluding tert-OH is 1. The van der Waals surface area contributed by atoms with Gasteiger partial charge in [0.2, 0.25) is 0 Å². The summed E-state index contributed by atoms with van der Waals surface area (Å²) in [7, 11) is 1.45. The lowest BCUT2D eigenvalue weighted by atomic mass is 9.97. The molecule has 3 atom stereocenters. The third-order valence-electron chi connectivity index (χ3n) is 6.28. The van der Waals surface area contributed by atoms with E-state index in [9.17, 15) is 19.0 Å². The van der Waals surface area contributed by atoms with E-state index >= 15 is 0 Å². The van der Waals surface area contributed by atoms with Gasteiger partial charge in [0.15, 0.2) is 17.9 Å². The fraction of sp³-hybridized carbons (Fsp3) is 0.308. The van der Waals surface area contributed by atoms with Crippen molar-refractivity contribution < 1.29 is 37.9 Å². The van der Waals surface area contributed by atoms with E-state index < -0.39 is 24.0 Å². The second-order valence-electron chi connectivity index (χ2n) is 8.43. The van der Waals surface area contributed by atoms with Crippen LogP contribution in [0.2, 0.25) is 0 Å². The van der Waals surface area contributed by atoms with Crippen molar-refractivity contribution in [1.82, 2.24) is 0 Å². The molecule has 1 heterocycles. The van der Waals surface area contributed by atoms with Crippen LogP contribution in [0.25, 0.3) is 0 Å². The lowest BCUT2D eigenvalue weighted by Crippen LogP contribution is -2.15. The van der Waals surface area contributed by atoms with Crippen LogP contribution in [0.5, 0.6) is 28.7 Å². The number of hydrogen-bond acceptors (Lipinski definition) is 6. The van der Waals surface area contributed by atoms with Crippen LogP contribution in [0.1, 0.15) is 41.6 Å². The Morgan fingerprint density at radius 1 is 1.06 bits per heavy atom. The third kappa shape index (κ3) is 4.26. The largest absolute Gasteiger partial charge is 0.508 e. The number of fused-ring (bicyclic) bond motifs is 2. The highest BCUT2D eigenvalue weighted by molar-refractivity contribution is 5.50. The van der Waals surface area contributed by atoms with Crippen LogP contribution >= 0.6 is 0 Å². The second kappa shape index (κ2) is 9.12. The molecule has 3 aromatic carbocycles. The van der Waals surface area contributed by atoms with Crippen molar-refractivity contribution >= 4 is 0 Å². The van der Waals surface area contributed by atoms with Crippen molar-refractivity contribution in [2.45, 2.75) is 37.6 Å². The van der Waals surface area contributed by atoms with E-state index in [1.54, 1.807) is 12.1 Å². The predicted molar refractivity (Wildman–Crippen MR) is 119 cm³/mol. The summed E-state index contributed by atoms with van der Waals surface area (Å²) in [4.78, 5) is 0. The highest BCUT2D eigenvalue weighted by atomic mass is 19.1. The van der Waals surface area contributed by atoms with Gasteiger partial charge in [0.25, 0.3) is 0 Å². The van der Waals surface area contributed by atoms with E-state index in [4.69, 9.17) is 18.9 Å². The number of aliphatic hydroxyl groups is 1. The molecule has 2 N–H and O–H groups in total. The van der Waals surface area contributed by atoms with Gasteiger partial charge in [0.1, 0.15) is 34.9 Å². The molecule has 1 aliphatic carbocycles. The van der Waals surface area contributed by atoms with Gasteiger partial charge in [-0.05, 0) is 43.2 Å². The van der Waals surface area contributed by atoms with E-state index in [1.165, 1.54) is 31.4 Å². The Bertz CT molecular complexity index is 1210. The Morgan fingerprint density at radius 2 is 1.88 bits per heavy atom. The van der Waals surface area contributed by atoms with Crippen molar-refractivity contribution in [2.24, 2.45) is 0 Å². The number of benzene rings is 3. The highest BCUT2D eigenvalue weighted by Crippen LogP contribution is 2.45. The SMILES string of the molecule is COC(O)C[C@@H]1COc2cc(O[C@@H]3CCc4c(Oc5cc(O)ccc5F)ccc(F)c43)ccc21. The van der Waals surface area contributed by atoms with E-state index in [0.29, 0.717) is 54.2 Å². The molecule has 0 fully saturated rings. The van der Waals surface area contributed by atoms with Crippen LogP contribution in [0.15, 0.2) is 48.5 Å². The maximum Gasteiger partial charge on any atom is 0.166 e. The number of rotatable bonds is 7. The molecule has 0 saturated carbocycles. The number of aromatic hydroxyl groups is 1. The van der Waals surface area contributed by atoms with Gasteiger partial charge < -0.3 is 29.2 Å². The average Bonchev–Trinajstić information content (AvgIpc) is 3.43. The van der Waals surface area contributed by atoms with Gasteiger partial charge in [-0.3, -0.25) is 0 Å². The Kier molecular flexibility index (Phi) is 6.02. The van der Waals surface area contributed by atoms with Gasteiger partial charge in [0, 0.05) is 48.3 Å². The normalized spacial score (nSPS) is 19.3. The number of halogens is 2. The van der Waals surface area contributed by atoms with Gasteiger partial charge in [0.05, 0.1) is 6.61 Å². The minimum absolute atomic E-state index is 0.0150. The summed E-state index contributed by atoms with van der Waals surface area (Å²) in [6.45, 7) is 0.437. The zero-order valence-corrected chi connectivity index (χ0v) is 18.5. The van der Waals surface area contributed by atoms with Gasteiger partial charge in [-0.2, -0.15) is 0 Å². The summed E-state index contributed by atoms with van der Waals surface area (Å²) < 4.78 is 51.5. The van der Waals surface area contributed by atoms with Gasteiger partial charge in [-0.25, -0.2) is 8.78 Å². The minimum atomic E-state index is -0.863. The Balaban J connectivity index is 1.36. The van der Waals surface area contributed by atoms with E-state index in [1.807, 2.05) is 6.07 Å². The van der Waals surface area contributed by atoms with Crippen LogP contribution < -0.4 is 14.2 Å².